The molecule has 1 N–H and O–H groups in total. The first-order chi connectivity index (χ1) is 14.3. The smallest absolute Gasteiger partial charge is 0.166 e. The van der Waals surface area contributed by atoms with E-state index in [1.165, 1.54) is 11.8 Å². The lowest BCUT2D eigenvalue weighted by Gasteiger charge is -2.34. The molecular weight excluding hydrogens is 376 g/mol. The number of nitrogens with one attached hydrogen (secondary N) is 1. The van der Waals surface area contributed by atoms with Gasteiger partial charge in [-0.25, -0.2) is 0 Å². The number of hydrogen-bond acceptors (Lipinski definition) is 4. The van der Waals surface area contributed by atoms with Crippen LogP contribution in [-0.4, -0.2) is 29.0 Å². The zero-order valence-electron chi connectivity index (χ0n) is 18.4. The summed E-state index contributed by atoms with van der Waals surface area (Å²) in [6.07, 6.45) is 1.01. The first-order valence-electron chi connectivity index (χ1n) is 10.5. The first-order valence-corrected chi connectivity index (χ1v) is 11.3. The van der Waals surface area contributed by atoms with Crippen molar-refractivity contribution in [3.63, 3.8) is 0 Å². The van der Waals surface area contributed by atoms with E-state index in [9.17, 15) is 0 Å². The molecule has 4 rings (SSSR count). The van der Waals surface area contributed by atoms with Crippen LogP contribution in [0.5, 0.6) is 0 Å². The summed E-state index contributed by atoms with van der Waals surface area (Å²) in [6.45, 7) is 13.7. The van der Waals surface area contributed by atoms with Crippen LogP contribution in [0, 0.1) is 16.7 Å². The maximum absolute atomic E-state index is 8.90. The fraction of sp³-hybridized carbons (Fsp3) is 0.375. The van der Waals surface area contributed by atoms with E-state index < -0.39 is 0 Å². The largest absolute Gasteiger partial charge is 0.305 e. The van der Waals surface area contributed by atoms with Crippen LogP contribution in [0.15, 0.2) is 52.4 Å². The van der Waals surface area contributed by atoms with Crippen LogP contribution in [0.1, 0.15) is 59.1 Å². The van der Waals surface area contributed by atoms with Gasteiger partial charge < -0.3 is 4.90 Å². The second-order valence-corrected chi connectivity index (χ2v) is 6.55. The van der Waals surface area contributed by atoms with Crippen molar-refractivity contribution < 1.29 is 0 Å². The molecule has 0 fully saturated rings. The Morgan fingerprint density at radius 3 is 2.21 bits per heavy atom. The number of nitriles is 1. The summed E-state index contributed by atoms with van der Waals surface area (Å²) < 4.78 is 0. The van der Waals surface area contributed by atoms with Gasteiger partial charge in [-0.05, 0) is 41.8 Å². The van der Waals surface area contributed by atoms with Gasteiger partial charge in [-0.2, -0.15) is 5.26 Å². The standard InChI is InChI=1S/C18H14N4S.3C2H6/c19-11-12-2-4-13(5-3-12)14-6-7-15-16(10-14)23-18(20)22-9-1-8-21-17(15)22;3*1-2/h2-7,10,20H,1,8-9H2;3*1-2H3. The van der Waals surface area contributed by atoms with E-state index in [0.29, 0.717) is 10.7 Å². The van der Waals surface area contributed by atoms with E-state index in [1.54, 1.807) is 0 Å². The Bertz CT molecular complexity index is 863. The molecule has 0 saturated carbocycles. The number of hydrogen-bond donors (Lipinski definition) is 1. The van der Waals surface area contributed by atoms with Gasteiger partial charge in [-0.3, -0.25) is 10.4 Å². The second kappa shape index (κ2) is 12.8. The first kappa shape index (κ1) is 24.5. The molecule has 5 heteroatoms. The molecule has 154 valence electrons. The van der Waals surface area contributed by atoms with E-state index in [0.717, 1.165) is 46.9 Å². The van der Waals surface area contributed by atoms with Crippen molar-refractivity contribution >= 4 is 22.8 Å². The van der Waals surface area contributed by atoms with Crippen molar-refractivity contribution in [2.24, 2.45) is 4.99 Å². The van der Waals surface area contributed by atoms with Crippen LogP contribution >= 0.6 is 11.8 Å². The van der Waals surface area contributed by atoms with Gasteiger partial charge in [0.05, 0.1) is 11.6 Å². The third kappa shape index (κ3) is 5.71. The van der Waals surface area contributed by atoms with Crippen LogP contribution in [0.25, 0.3) is 11.1 Å². The van der Waals surface area contributed by atoms with Gasteiger partial charge >= 0.3 is 0 Å². The number of rotatable bonds is 1. The molecule has 4 nitrogen and oxygen atoms in total. The molecule has 2 heterocycles. The lowest BCUT2D eigenvalue weighted by atomic mass is 10.0. The molecule has 2 aliphatic heterocycles. The van der Waals surface area contributed by atoms with Crippen LogP contribution in [0.2, 0.25) is 0 Å². The molecule has 0 aromatic heterocycles. The predicted octanol–water partition coefficient (Wildman–Crippen LogP) is 6.80. The van der Waals surface area contributed by atoms with Gasteiger partial charge in [0.1, 0.15) is 5.84 Å². The Morgan fingerprint density at radius 2 is 1.59 bits per heavy atom. The monoisotopic (exact) mass is 408 g/mol. The highest BCUT2D eigenvalue weighted by Gasteiger charge is 2.29. The highest BCUT2D eigenvalue weighted by atomic mass is 32.2. The number of aliphatic imine (C=N–C) groups is 1. The molecule has 0 bridgehead atoms. The van der Waals surface area contributed by atoms with Crippen molar-refractivity contribution in [3.05, 3.63) is 53.6 Å². The molecule has 0 atom stereocenters. The average Bonchev–Trinajstić information content (AvgIpc) is 2.83. The summed E-state index contributed by atoms with van der Waals surface area (Å²) in [4.78, 5) is 7.70. The fourth-order valence-corrected chi connectivity index (χ4v) is 3.85. The second-order valence-electron chi connectivity index (χ2n) is 5.52. The van der Waals surface area contributed by atoms with E-state index in [1.807, 2.05) is 70.7 Å². The third-order valence-electron chi connectivity index (χ3n) is 4.08. The summed E-state index contributed by atoms with van der Waals surface area (Å²) >= 11 is 1.49. The van der Waals surface area contributed by atoms with Crippen molar-refractivity contribution in [2.45, 2.75) is 52.9 Å². The normalized spacial score (nSPS) is 13.5. The van der Waals surface area contributed by atoms with E-state index >= 15 is 0 Å². The third-order valence-corrected chi connectivity index (χ3v) is 5.05. The summed E-state index contributed by atoms with van der Waals surface area (Å²) in [5.41, 5.74) is 3.95. The van der Waals surface area contributed by atoms with Crippen molar-refractivity contribution in [3.8, 4) is 17.2 Å². The van der Waals surface area contributed by atoms with Gasteiger partial charge in [0, 0.05) is 23.5 Å². The summed E-state index contributed by atoms with van der Waals surface area (Å²) in [7, 11) is 0. The molecule has 0 amide bonds. The highest BCUT2D eigenvalue weighted by Crippen LogP contribution is 2.36. The SMILES string of the molecule is CC.CC.CC.N#Cc1ccc(-c2ccc3c(c2)SC(=N)N2CCCN=C32)cc1. The summed E-state index contributed by atoms with van der Waals surface area (Å²) in [6, 6.07) is 16.0. The van der Waals surface area contributed by atoms with Crippen LogP contribution < -0.4 is 0 Å². The average molecular weight is 409 g/mol. The van der Waals surface area contributed by atoms with Crippen LogP contribution in [-0.2, 0) is 0 Å². The molecule has 29 heavy (non-hydrogen) atoms. The maximum Gasteiger partial charge on any atom is 0.166 e. The fourth-order valence-electron chi connectivity index (χ4n) is 2.90. The molecule has 0 radical (unpaired) electrons. The summed E-state index contributed by atoms with van der Waals surface area (Å²) in [5, 5.41) is 17.7. The minimum atomic E-state index is 0.549. The number of fused-ring (bicyclic) bond motifs is 3. The van der Waals surface area contributed by atoms with Gasteiger partial charge in [0.15, 0.2) is 5.17 Å². The molecule has 0 saturated heterocycles. The van der Waals surface area contributed by atoms with Gasteiger partial charge in [-0.15, -0.1) is 0 Å². The molecule has 0 spiro atoms. The maximum atomic E-state index is 8.90. The zero-order chi connectivity index (χ0) is 21.8. The number of nitrogens with zero attached hydrogens (tertiary/aromatic N) is 3. The van der Waals surface area contributed by atoms with Gasteiger partial charge in [-0.1, -0.05) is 71.5 Å². The lowest BCUT2D eigenvalue weighted by molar-refractivity contribution is 0.552. The van der Waals surface area contributed by atoms with Crippen LogP contribution in [0.4, 0.5) is 0 Å². The van der Waals surface area contributed by atoms with Crippen molar-refractivity contribution in [1.82, 2.24) is 4.90 Å². The minimum absolute atomic E-state index is 0.549. The number of benzene rings is 2. The Labute approximate surface area is 180 Å². The molecular formula is C24H32N4S. The quantitative estimate of drug-likeness (QED) is 0.564. The van der Waals surface area contributed by atoms with E-state index in [2.05, 4.69) is 29.3 Å². The molecule has 2 aromatic carbocycles. The molecule has 0 unspecified atom stereocenters. The van der Waals surface area contributed by atoms with E-state index in [-0.39, 0.29) is 0 Å². The minimum Gasteiger partial charge on any atom is -0.305 e. The Balaban J connectivity index is 0.000000644. The summed E-state index contributed by atoms with van der Waals surface area (Å²) in [5.74, 6) is 0.932. The predicted molar refractivity (Wildman–Crippen MR) is 127 cm³/mol. The van der Waals surface area contributed by atoms with E-state index in [4.69, 9.17) is 10.7 Å². The Morgan fingerprint density at radius 1 is 0.966 bits per heavy atom. The van der Waals surface area contributed by atoms with Gasteiger partial charge in [0.2, 0.25) is 0 Å². The van der Waals surface area contributed by atoms with Crippen LogP contribution in [0.3, 0.4) is 0 Å². The van der Waals surface area contributed by atoms with Crippen molar-refractivity contribution in [1.29, 1.82) is 10.7 Å². The topological polar surface area (TPSA) is 63.2 Å². The number of amidine groups is 2. The zero-order valence-corrected chi connectivity index (χ0v) is 19.2. The molecule has 2 aliphatic rings. The van der Waals surface area contributed by atoms with Crippen molar-refractivity contribution in [2.75, 3.05) is 13.1 Å². The lowest BCUT2D eigenvalue weighted by Crippen LogP contribution is -2.42. The Kier molecular flexibility index (Phi) is 10.8. The number of thioether (sulfide) groups is 1. The Hall–Kier alpha value is -2.58. The van der Waals surface area contributed by atoms with Gasteiger partial charge in [0.25, 0.3) is 0 Å². The highest BCUT2D eigenvalue weighted by molar-refractivity contribution is 8.14. The molecule has 2 aromatic rings. The molecule has 0 aliphatic carbocycles.